The lowest BCUT2D eigenvalue weighted by Gasteiger charge is -2.08. The topological polar surface area (TPSA) is 55.1 Å². The standard InChI is InChI=1S/C11H14N2O/c1-6-7(2)13-10-8(6)4-3-5-9(10)11(12)14/h3-7,13H,1-2H3,(H2,12,14)/t6-,7-/m1/s1. The van der Waals surface area contributed by atoms with Crippen molar-refractivity contribution in [3.05, 3.63) is 29.3 Å². The molecular weight excluding hydrogens is 176 g/mol. The summed E-state index contributed by atoms with van der Waals surface area (Å²) in [7, 11) is 0. The Morgan fingerprint density at radius 1 is 1.43 bits per heavy atom. The highest BCUT2D eigenvalue weighted by Gasteiger charge is 2.27. The third kappa shape index (κ3) is 1.16. The predicted octanol–water partition coefficient (Wildman–Crippen LogP) is 1.70. The zero-order chi connectivity index (χ0) is 10.3. The van der Waals surface area contributed by atoms with Gasteiger partial charge in [0.2, 0.25) is 0 Å². The molecule has 3 heteroatoms. The number of hydrogen-bond donors (Lipinski definition) is 2. The summed E-state index contributed by atoms with van der Waals surface area (Å²) < 4.78 is 0. The fourth-order valence-corrected chi connectivity index (χ4v) is 1.94. The molecule has 2 rings (SSSR count). The summed E-state index contributed by atoms with van der Waals surface area (Å²) in [6, 6.07) is 6.06. The van der Waals surface area contributed by atoms with Crippen LogP contribution in [0.1, 0.15) is 35.7 Å². The molecule has 0 saturated heterocycles. The molecule has 0 unspecified atom stereocenters. The Labute approximate surface area is 83.3 Å². The van der Waals surface area contributed by atoms with Crippen molar-refractivity contribution in [1.82, 2.24) is 0 Å². The molecule has 0 saturated carbocycles. The highest BCUT2D eigenvalue weighted by Crippen LogP contribution is 2.37. The maximum atomic E-state index is 11.2. The predicted molar refractivity (Wildman–Crippen MR) is 56.5 cm³/mol. The molecule has 0 radical (unpaired) electrons. The smallest absolute Gasteiger partial charge is 0.250 e. The van der Waals surface area contributed by atoms with E-state index in [1.54, 1.807) is 6.07 Å². The van der Waals surface area contributed by atoms with Crippen LogP contribution in [0.2, 0.25) is 0 Å². The van der Waals surface area contributed by atoms with Gasteiger partial charge in [-0.1, -0.05) is 19.1 Å². The number of hydrogen-bond acceptors (Lipinski definition) is 2. The van der Waals surface area contributed by atoms with Crippen LogP contribution < -0.4 is 11.1 Å². The summed E-state index contributed by atoms with van der Waals surface area (Å²) in [5, 5.41) is 3.30. The molecule has 1 aromatic rings. The van der Waals surface area contributed by atoms with Crippen LogP contribution in [0.15, 0.2) is 18.2 Å². The number of rotatable bonds is 1. The molecule has 1 aliphatic heterocycles. The van der Waals surface area contributed by atoms with E-state index in [-0.39, 0.29) is 5.91 Å². The van der Waals surface area contributed by atoms with Gasteiger partial charge in [-0.2, -0.15) is 0 Å². The summed E-state index contributed by atoms with van der Waals surface area (Å²) in [6.45, 7) is 4.25. The van der Waals surface area contributed by atoms with Crippen LogP contribution in [0.25, 0.3) is 0 Å². The van der Waals surface area contributed by atoms with Gasteiger partial charge in [-0.05, 0) is 18.6 Å². The van der Waals surface area contributed by atoms with Gasteiger partial charge in [-0.25, -0.2) is 0 Å². The number of fused-ring (bicyclic) bond motifs is 1. The third-order valence-electron chi connectivity index (χ3n) is 2.97. The minimum absolute atomic E-state index is 0.365. The number of benzene rings is 1. The summed E-state index contributed by atoms with van der Waals surface area (Å²) >= 11 is 0. The van der Waals surface area contributed by atoms with E-state index in [9.17, 15) is 4.79 Å². The Morgan fingerprint density at radius 2 is 2.14 bits per heavy atom. The molecule has 0 fully saturated rings. The quantitative estimate of drug-likeness (QED) is 0.708. The molecule has 1 amide bonds. The maximum absolute atomic E-state index is 11.2. The van der Waals surface area contributed by atoms with Crippen molar-refractivity contribution in [2.45, 2.75) is 25.8 Å². The Morgan fingerprint density at radius 3 is 2.79 bits per heavy atom. The molecule has 0 aliphatic carbocycles. The molecule has 0 spiro atoms. The van der Waals surface area contributed by atoms with Gasteiger partial charge in [0.1, 0.15) is 0 Å². The van der Waals surface area contributed by atoms with Crippen LogP contribution in [0.4, 0.5) is 5.69 Å². The van der Waals surface area contributed by atoms with Crippen molar-refractivity contribution >= 4 is 11.6 Å². The van der Waals surface area contributed by atoms with Crippen molar-refractivity contribution < 1.29 is 4.79 Å². The van der Waals surface area contributed by atoms with Gasteiger partial charge >= 0.3 is 0 Å². The van der Waals surface area contributed by atoms with E-state index < -0.39 is 0 Å². The van der Waals surface area contributed by atoms with Gasteiger partial charge in [-0.3, -0.25) is 4.79 Å². The zero-order valence-electron chi connectivity index (χ0n) is 8.37. The van der Waals surface area contributed by atoms with E-state index in [0.717, 1.165) is 5.69 Å². The fraction of sp³-hybridized carbons (Fsp3) is 0.364. The Hall–Kier alpha value is -1.51. The lowest BCUT2D eigenvalue weighted by atomic mass is 9.97. The van der Waals surface area contributed by atoms with Crippen molar-refractivity contribution in [2.24, 2.45) is 5.73 Å². The van der Waals surface area contributed by atoms with Crippen LogP contribution in [-0.4, -0.2) is 11.9 Å². The number of anilines is 1. The Kier molecular flexibility index (Phi) is 1.95. The van der Waals surface area contributed by atoms with Crippen LogP contribution >= 0.6 is 0 Å². The van der Waals surface area contributed by atoms with Crippen LogP contribution in [0.5, 0.6) is 0 Å². The molecule has 0 aromatic heterocycles. The van der Waals surface area contributed by atoms with Crippen LogP contribution in [-0.2, 0) is 0 Å². The minimum atomic E-state index is -0.365. The highest BCUT2D eigenvalue weighted by molar-refractivity contribution is 5.99. The first-order valence-electron chi connectivity index (χ1n) is 4.80. The van der Waals surface area contributed by atoms with Crippen LogP contribution in [0, 0.1) is 0 Å². The molecule has 3 N–H and O–H groups in total. The molecule has 3 nitrogen and oxygen atoms in total. The number of carbonyl (C=O) groups is 1. The summed E-state index contributed by atoms with van der Waals surface area (Å²) in [5.74, 6) is 0.0694. The number of para-hydroxylation sites is 1. The first-order chi connectivity index (χ1) is 6.61. The molecule has 1 heterocycles. The van der Waals surface area contributed by atoms with Crippen molar-refractivity contribution in [2.75, 3.05) is 5.32 Å². The number of nitrogens with two attached hydrogens (primary N) is 1. The largest absolute Gasteiger partial charge is 0.381 e. The second-order valence-corrected chi connectivity index (χ2v) is 3.86. The monoisotopic (exact) mass is 190 g/mol. The number of carbonyl (C=O) groups excluding carboxylic acids is 1. The van der Waals surface area contributed by atoms with E-state index in [1.807, 2.05) is 12.1 Å². The lowest BCUT2D eigenvalue weighted by molar-refractivity contribution is 0.100. The van der Waals surface area contributed by atoms with Gasteiger partial charge in [0.15, 0.2) is 0 Å². The molecule has 2 atom stereocenters. The molecule has 1 aromatic carbocycles. The number of amides is 1. The second-order valence-electron chi connectivity index (χ2n) is 3.86. The maximum Gasteiger partial charge on any atom is 0.250 e. The second kappa shape index (κ2) is 3.01. The van der Waals surface area contributed by atoms with E-state index in [0.29, 0.717) is 17.5 Å². The van der Waals surface area contributed by atoms with E-state index in [2.05, 4.69) is 19.2 Å². The van der Waals surface area contributed by atoms with Crippen molar-refractivity contribution in [3.8, 4) is 0 Å². The highest BCUT2D eigenvalue weighted by atomic mass is 16.1. The SMILES string of the molecule is C[C@H]1Nc2c(C(N)=O)cccc2[C@@H]1C. The lowest BCUT2D eigenvalue weighted by Crippen LogP contribution is -2.16. The van der Waals surface area contributed by atoms with E-state index >= 15 is 0 Å². The Balaban J connectivity index is 2.56. The number of primary amides is 1. The first kappa shape index (κ1) is 9.06. The summed E-state index contributed by atoms with van der Waals surface area (Å²) in [6.07, 6.45) is 0. The van der Waals surface area contributed by atoms with Gasteiger partial charge < -0.3 is 11.1 Å². The molecular formula is C11H14N2O. The third-order valence-corrected chi connectivity index (χ3v) is 2.97. The molecule has 0 bridgehead atoms. The molecule has 74 valence electrons. The minimum Gasteiger partial charge on any atom is -0.381 e. The average molecular weight is 190 g/mol. The summed E-state index contributed by atoms with van der Waals surface area (Å²) in [4.78, 5) is 11.2. The fourth-order valence-electron chi connectivity index (χ4n) is 1.94. The van der Waals surface area contributed by atoms with E-state index in [1.165, 1.54) is 5.56 Å². The zero-order valence-corrected chi connectivity index (χ0v) is 8.37. The van der Waals surface area contributed by atoms with E-state index in [4.69, 9.17) is 5.73 Å². The number of nitrogens with one attached hydrogen (secondary N) is 1. The van der Waals surface area contributed by atoms with Crippen molar-refractivity contribution in [1.29, 1.82) is 0 Å². The molecule has 1 aliphatic rings. The van der Waals surface area contributed by atoms with Gasteiger partial charge in [0, 0.05) is 12.0 Å². The van der Waals surface area contributed by atoms with Gasteiger partial charge in [-0.15, -0.1) is 0 Å². The Bertz CT molecular complexity index is 387. The molecule has 14 heavy (non-hydrogen) atoms. The van der Waals surface area contributed by atoms with Gasteiger partial charge in [0.25, 0.3) is 5.91 Å². The average Bonchev–Trinajstić information content (AvgIpc) is 2.43. The van der Waals surface area contributed by atoms with Crippen molar-refractivity contribution in [3.63, 3.8) is 0 Å². The van der Waals surface area contributed by atoms with Crippen LogP contribution in [0.3, 0.4) is 0 Å². The normalized spacial score (nSPS) is 24.1. The van der Waals surface area contributed by atoms with Gasteiger partial charge in [0.05, 0.1) is 11.3 Å². The first-order valence-corrected chi connectivity index (χ1v) is 4.80. The summed E-state index contributed by atoms with van der Waals surface area (Å²) in [5.41, 5.74) is 8.00.